The highest BCUT2D eigenvalue weighted by atomic mass is 32.2. The van der Waals surface area contributed by atoms with Crippen molar-refractivity contribution in [2.24, 2.45) is 0 Å². The van der Waals surface area contributed by atoms with E-state index in [0.29, 0.717) is 24.5 Å². The molecule has 20 heavy (non-hydrogen) atoms. The number of nitrogens with one attached hydrogen (secondary N) is 1. The fourth-order valence-electron chi connectivity index (χ4n) is 2.06. The van der Waals surface area contributed by atoms with Crippen LogP contribution in [0.5, 0.6) is 0 Å². The zero-order valence-electron chi connectivity index (χ0n) is 11.0. The third-order valence-electron chi connectivity index (χ3n) is 3.26. The van der Waals surface area contributed by atoms with Crippen molar-refractivity contribution < 1.29 is 16.8 Å². The van der Waals surface area contributed by atoms with Crippen molar-refractivity contribution in [2.45, 2.75) is 4.90 Å². The van der Waals surface area contributed by atoms with Gasteiger partial charge in [0.2, 0.25) is 10.0 Å². The van der Waals surface area contributed by atoms with E-state index in [1.165, 1.54) is 19.2 Å². The molecule has 0 aromatic heterocycles. The summed E-state index contributed by atoms with van der Waals surface area (Å²) >= 11 is 0. The molecule has 1 saturated heterocycles. The highest BCUT2D eigenvalue weighted by Crippen LogP contribution is 2.27. The van der Waals surface area contributed by atoms with Gasteiger partial charge in [0.25, 0.3) is 0 Å². The normalized spacial score (nSPS) is 18.9. The van der Waals surface area contributed by atoms with Gasteiger partial charge in [-0.3, -0.25) is 0 Å². The Bertz CT molecular complexity index is 699. The molecule has 2 rings (SSSR count). The summed E-state index contributed by atoms with van der Waals surface area (Å²) in [5.74, 6) is 0.173. The smallest absolute Gasteiger partial charge is 0.240 e. The Morgan fingerprint density at radius 1 is 1.25 bits per heavy atom. The summed E-state index contributed by atoms with van der Waals surface area (Å²) in [6, 6.07) is 4.45. The third kappa shape index (κ3) is 3.05. The fraction of sp³-hybridized carbons (Fsp3) is 0.455. The number of nitrogens with two attached hydrogens (primary N) is 1. The van der Waals surface area contributed by atoms with Crippen molar-refractivity contribution in [2.75, 3.05) is 42.3 Å². The van der Waals surface area contributed by atoms with E-state index in [1.807, 2.05) is 4.90 Å². The number of sulfonamides is 1. The fourth-order valence-corrected chi connectivity index (χ4v) is 4.03. The molecule has 1 aromatic rings. The number of rotatable bonds is 3. The lowest BCUT2D eigenvalue weighted by molar-refractivity contribution is 0.586. The van der Waals surface area contributed by atoms with Crippen molar-refractivity contribution in [3.63, 3.8) is 0 Å². The Balaban J connectivity index is 2.28. The van der Waals surface area contributed by atoms with Crippen LogP contribution >= 0.6 is 0 Å². The van der Waals surface area contributed by atoms with Crippen LogP contribution in [0.1, 0.15) is 0 Å². The minimum absolute atomic E-state index is 0.0863. The average Bonchev–Trinajstić information content (AvgIpc) is 2.39. The van der Waals surface area contributed by atoms with Crippen LogP contribution in [0, 0.1) is 0 Å². The van der Waals surface area contributed by atoms with Crippen LogP contribution in [0.3, 0.4) is 0 Å². The van der Waals surface area contributed by atoms with Crippen molar-refractivity contribution in [3.8, 4) is 0 Å². The van der Waals surface area contributed by atoms with E-state index in [2.05, 4.69) is 4.72 Å². The number of nitrogens with zero attached hydrogens (tertiary/aromatic N) is 1. The van der Waals surface area contributed by atoms with E-state index < -0.39 is 19.9 Å². The maximum absolute atomic E-state index is 11.7. The van der Waals surface area contributed by atoms with E-state index in [-0.39, 0.29) is 16.4 Å². The lowest BCUT2D eigenvalue weighted by atomic mass is 10.2. The van der Waals surface area contributed by atoms with Crippen LogP contribution in [0.4, 0.5) is 11.4 Å². The first-order valence-electron chi connectivity index (χ1n) is 6.04. The SMILES string of the molecule is CNS(=O)(=O)c1ccc(N2CCS(=O)(=O)CC2)c(N)c1. The van der Waals surface area contributed by atoms with Crippen LogP contribution in [-0.4, -0.2) is 48.5 Å². The second-order valence-electron chi connectivity index (χ2n) is 4.57. The molecule has 0 spiro atoms. The first-order valence-corrected chi connectivity index (χ1v) is 9.34. The van der Waals surface area contributed by atoms with E-state index >= 15 is 0 Å². The summed E-state index contributed by atoms with van der Waals surface area (Å²) in [6.45, 7) is 0.731. The van der Waals surface area contributed by atoms with Gasteiger partial charge in [-0.25, -0.2) is 21.6 Å². The molecule has 1 aliphatic rings. The molecule has 0 unspecified atom stereocenters. The monoisotopic (exact) mass is 319 g/mol. The van der Waals surface area contributed by atoms with E-state index in [0.717, 1.165) is 0 Å². The number of anilines is 2. The zero-order chi connectivity index (χ0) is 15.0. The highest BCUT2D eigenvalue weighted by Gasteiger charge is 2.23. The Morgan fingerprint density at radius 3 is 2.35 bits per heavy atom. The Kier molecular flexibility index (Phi) is 3.94. The quantitative estimate of drug-likeness (QED) is 0.721. The zero-order valence-corrected chi connectivity index (χ0v) is 12.7. The van der Waals surface area contributed by atoms with Crippen LogP contribution < -0.4 is 15.4 Å². The Hall–Kier alpha value is -1.32. The molecular formula is C11H17N3O4S2. The molecule has 1 heterocycles. The molecule has 7 nitrogen and oxygen atoms in total. The predicted octanol–water partition coefficient (Wildman–Crippen LogP) is -0.588. The van der Waals surface area contributed by atoms with Gasteiger partial charge >= 0.3 is 0 Å². The molecule has 3 N–H and O–H groups in total. The van der Waals surface area contributed by atoms with Gasteiger partial charge in [-0.15, -0.1) is 0 Å². The van der Waals surface area contributed by atoms with Crippen LogP contribution in [0.25, 0.3) is 0 Å². The maximum atomic E-state index is 11.7. The molecular weight excluding hydrogens is 302 g/mol. The van der Waals surface area contributed by atoms with E-state index in [1.54, 1.807) is 6.07 Å². The minimum atomic E-state index is -3.53. The van der Waals surface area contributed by atoms with Gasteiger partial charge in [-0.05, 0) is 25.2 Å². The third-order valence-corrected chi connectivity index (χ3v) is 6.28. The second-order valence-corrected chi connectivity index (χ2v) is 8.76. The largest absolute Gasteiger partial charge is 0.397 e. The number of hydrogen-bond acceptors (Lipinski definition) is 6. The molecule has 1 aliphatic heterocycles. The Labute approximate surface area is 118 Å². The molecule has 0 radical (unpaired) electrons. The van der Waals surface area contributed by atoms with Gasteiger partial charge in [-0.2, -0.15) is 0 Å². The van der Waals surface area contributed by atoms with Crippen molar-refractivity contribution >= 4 is 31.2 Å². The van der Waals surface area contributed by atoms with E-state index in [9.17, 15) is 16.8 Å². The lowest BCUT2D eigenvalue weighted by Gasteiger charge is -2.29. The van der Waals surface area contributed by atoms with Gasteiger partial charge in [-0.1, -0.05) is 0 Å². The first-order chi connectivity index (χ1) is 9.25. The molecule has 0 bridgehead atoms. The molecule has 0 atom stereocenters. The van der Waals surface area contributed by atoms with Crippen LogP contribution in [0.15, 0.2) is 23.1 Å². The van der Waals surface area contributed by atoms with Crippen LogP contribution in [0.2, 0.25) is 0 Å². The Morgan fingerprint density at radius 2 is 1.85 bits per heavy atom. The summed E-state index contributed by atoms with van der Waals surface area (Å²) in [6.07, 6.45) is 0. The van der Waals surface area contributed by atoms with Crippen molar-refractivity contribution in [3.05, 3.63) is 18.2 Å². The van der Waals surface area contributed by atoms with Crippen molar-refractivity contribution in [1.82, 2.24) is 4.72 Å². The number of sulfone groups is 1. The van der Waals surface area contributed by atoms with Gasteiger partial charge < -0.3 is 10.6 Å². The van der Waals surface area contributed by atoms with E-state index in [4.69, 9.17) is 5.73 Å². The molecule has 9 heteroatoms. The topological polar surface area (TPSA) is 110 Å². The van der Waals surface area contributed by atoms with Gasteiger partial charge in [0.1, 0.15) is 0 Å². The molecule has 0 aliphatic carbocycles. The standard InChI is InChI=1S/C11H17N3O4S2/c1-13-20(17,18)9-2-3-11(10(12)8-9)14-4-6-19(15,16)7-5-14/h2-3,8,13H,4-7,12H2,1H3. The summed E-state index contributed by atoms with van der Waals surface area (Å²) in [4.78, 5) is 1.94. The molecule has 0 saturated carbocycles. The average molecular weight is 319 g/mol. The molecule has 1 aromatic carbocycles. The second kappa shape index (κ2) is 5.23. The summed E-state index contributed by atoms with van der Waals surface area (Å²) in [7, 11) is -5.16. The summed E-state index contributed by atoms with van der Waals surface area (Å²) in [5, 5.41) is 0. The summed E-state index contributed by atoms with van der Waals surface area (Å²) in [5.41, 5.74) is 6.87. The molecule has 0 amide bonds. The maximum Gasteiger partial charge on any atom is 0.240 e. The number of nitrogen functional groups attached to an aromatic ring is 1. The van der Waals surface area contributed by atoms with Gasteiger partial charge in [0.05, 0.1) is 27.8 Å². The van der Waals surface area contributed by atoms with Gasteiger partial charge in [0, 0.05) is 13.1 Å². The molecule has 112 valence electrons. The predicted molar refractivity (Wildman–Crippen MR) is 78.0 cm³/mol. The molecule has 1 fully saturated rings. The number of hydrogen-bond donors (Lipinski definition) is 2. The first kappa shape index (κ1) is 15.1. The van der Waals surface area contributed by atoms with Crippen LogP contribution in [-0.2, 0) is 19.9 Å². The highest BCUT2D eigenvalue weighted by molar-refractivity contribution is 7.91. The number of benzene rings is 1. The summed E-state index contributed by atoms with van der Waals surface area (Å²) < 4.78 is 48.3. The minimum Gasteiger partial charge on any atom is -0.397 e. The lowest BCUT2D eigenvalue weighted by Crippen LogP contribution is -2.40. The van der Waals surface area contributed by atoms with Gasteiger partial charge in [0.15, 0.2) is 9.84 Å². The van der Waals surface area contributed by atoms with Crippen molar-refractivity contribution in [1.29, 1.82) is 0 Å².